The summed E-state index contributed by atoms with van der Waals surface area (Å²) < 4.78 is 5.22. The smallest absolute Gasteiger partial charge is 0.274 e. The third-order valence-electron chi connectivity index (χ3n) is 5.89. The average Bonchev–Trinajstić information content (AvgIpc) is 3.35. The topological polar surface area (TPSA) is 102 Å². The van der Waals surface area contributed by atoms with Gasteiger partial charge in [0.1, 0.15) is 17.7 Å². The molecule has 0 radical (unpaired) electrons. The number of nitro groups is 1. The second-order valence-electron chi connectivity index (χ2n) is 7.69. The molecule has 2 fully saturated rings. The zero-order chi connectivity index (χ0) is 23.1. The van der Waals surface area contributed by atoms with Crippen molar-refractivity contribution in [2.75, 3.05) is 17.1 Å². The Morgan fingerprint density at radius 2 is 1.61 bits per heavy atom. The summed E-state index contributed by atoms with van der Waals surface area (Å²) in [5.41, 5.74) is 1.10. The van der Waals surface area contributed by atoms with E-state index in [0.717, 1.165) is 4.90 Å². The minimum Gasteiger partial charge on any atom is -0.497 e. The normalized spacial score (nSPS) is 21.9. The van der Waals surface area contributed by atoms with Gasteiger partial charge in [-0.3, -0.25) is 24.5 Å². The summed E-state index contributed by atoms with van der Waals surface area (Å²) in [6.07, 6.45) is -1.12. The van der Waals surface area contributed by atoms with Crippen LogP contribution in [0.1, 0.15) is 11.6 Å². The number of amides is 2. The van der Waals surface area contributed by atoms with E-state index in [1.165, 1.54) is 18.2 Å². The molecule has 33 heavy (non-hydrogen) atoms. The lowest BCUT2D eigenvalue weighted by Crippen LogP contribution is -2.37. The van der Waals surface area contributed by atoms with E-state index >= 15 is 0 Å². The highest BCUT2D eigenvalue weighted by Gasteiger charge is 2.61. The third-order valence-corrected chi connectivity index (χ3v) is 5.89. The Morgan fingerprint density at radius 3 is 2.33 bits per heavy atom. The fraction of sp³-hybridized carbons (Fsp3) is 0.167. The number of rotatable bonds is 5. The predicted octanol–water partition coefficient (Wildman–Crippen LogP) is 3.65. The van der Waals surface area contributed by atoms with Gasteiger partial charge in [0.05, 0.1) is 29.0 Å². The second kappa shape index (κ2) is 8.03. The van der Waals surface area contributed by atoms with E-state index in [0.29, 0.717) is 22.7 Å². The summed E-state index contributed by atoms with van der Waals surface area (Å²) in [6, 6.07) is 20.9. The molecular formula is C24H19N3O6. The lowest BCUT2D eigenvalue weighted by Gasteiger charge is -2.28. The summed E-state index contributed by atoms with van der Waals surface area (Å²) in [5, 5.41) is 13.2. The van der Waals surface area contributed by atoms with E-state index in [-0.39, 0.29) is 5.69 Å². The van der Waals surface area contributed by atoms with Gasteiger partial charge in [0, 0.05) is 12.1 Å². The summed E-state index contributed by atoms with van der Waals surface area (Å²) >= 11 is 0. The zero-order valence-electron chi connectivity index (χ0n) is 17.5. The Balaban J connectivity index is 1.63. The Labute approximate surface area is 188 Å². The number of hydrogen-bond donors (Lipinski definition) is 0. The van der Waals surface area contributed by atoms with Gasteiger partial charge in [-0.1, -0.05) is 36.4 Å². The van der Waals surface area contributed by atoms with Crippen molar-refractivity contribution in [2.45, 2.75) is 12.1 Å². The van der Waals surface area contributed by atoms with Crippen LogP contribution in [0.4, 0.5) is 17.1 Å². The van der Waals surface area contributed by atoms with Crippen LogP contribution in [0.15, 0.2) is 78.9 Å². The lowest BCUT2D eigenvalue weighted by atomic mass is 9.89. The van der Waals surface area contributed by atoms with E-state index in [4.69, 9.17) is 9.57 Å². The number of ether oxygens (including phenoxy) is 1. The maximum Gasteiger partial charge on any atom is 0.274 e. The molecule has 0 spiro atoms. The Hall–Kier alpha value is -4.24. The van der Waals surface area contributed by atoms with E-state index in [1.54, 1.807) is 66.7 Å². The summed E-state index contributed by atoms with van der Waals surface area (Å²) in [6.45, 7) is 0. The highest BCUT2D eigenvalue weighted by molar-refractivity contribution is 6.24. The number of nitro benzene ring substituents is 1. The van der Waals surface area contributed by atoms with Gasteiger partial charge in [0.2, 0.25) is 5.91 Å². The first-order chi connectivity index (χ1) is 16.0. The molecule has 0 N–H and O–H groups in total. The fourth-order valence-electron chi connectivity index (χ4n) is 4.44. The SMILES string of the molecule is COc1cccc(N2C(=O)[C@H]3[C@H](ON(c4ccccc4)[C@H]3c3ccccc3[N+](=O)[O-])C2=O)c1. The predicted molar refractivity (Wildman–Crippen MR) is 119 cm³/mol. The number of para-hydroxylation sites is 2. The molecule has 3 aromatic rings. The van der Waals surface area contributed by atoms with Crippen LogP contribution in [0.2, 0.25) is 0 Å². The van der Waals surface area contributed by atoms with Crippen LogP contribution < -0.4 is 14.7 Å². The lowest BCUT2D eigenvalue weighted by molar-refractivity contribution is -0.385. The van der Waals surface area contributed by atoms with Crippen molar-refractivity contribution < 1.29 is 24.1 Å². The number of hydroxylamine groups is 1. The highest BCUT2D eigenvalue weighted by atomic mass is 16.7. The quantitative estimate of drug-likeness (QED) is 0.336. The molecule has 5 rings (SSSR count). The number of nitrogens with zero attached hydrogens (tertiary/aromatic N) is 3. The molecule has 9 nitrogen and oxygen atoms in total. The minimum absolute atomic E-state index is 0.146. The molecule has 0 aliphatic carbocycles. The third kappa shape index (κ3) is 3.30. The van der Waals surface area contributed by atoms with Gasteiger partial charge in [-0.15, -0.1) is 0 Å². The number of imide groups is 1. The molecular weight excluding hydrogens is 426 g/mol. The molecule has 2 heterocycles. The van der Waals surface area contributed by atoms with E-state index in [9.17, 15) is 19.7 Å². The van der Waals surface area contributed by atoms with Crippen molar-refractivity contribution in [3.63, 3.8) is 0 Å². The van der Waals surface area contributed by atoms with Gasteiger partial charge in [0.25, 0.3) is 11.6 Å². The van der Waals surface area contributed by atoms with Gasteiger partial charge >= 0.3 is 0 Å². The molecule has 0 aromatic heterocycles. The standard InChI is InChI=1S/C24H19N3O6/c1-32-17-11-7-10-16(14-17)25-23(28)20-21(18-12-5-6-13-19(18)27(30)31)26(33-22(20)24(25)29)15-8-3-2-4-9-15/h2-14,20-22H,1H3/t20-,21+,22+/m1/s1. The van der Waals surface area contributed by atoms with Crippen LogP contribution in [0, 0.1) is 16.0 Å². The molecule has 2 saturated heterocycles. The molecule has 2 aliphatic rings. The van der Waals surface area contributed by atoms with E-state index in [1.807, 2.05) is 6.07 Å². The number of benzene rings is 3. The number of methoxy groups -OCH3 is 1. The number of hydrogen-bond acceptors (Lipinski definition) is 7. The molecule has 3 atom stereocenters. The molecule has 0 saturated carbocycles. The van der Waals surface area contributed by atoms with Crippen LogP contribution >= 0.6 is 0 Å². The molecule has 0 bridgehead atoms. The maximum absolute atomic E-state index is 13.6. The summed E-state index contributed by atoms with van der Waals surface area (Å²) in [5.74, 6) is -1.49. The number of fused-ring (bicyclic) bond motifs is 1. The minimum atomic E-state index is -1.12. The van der Waals surface area contributed by atoms with Crippen LogP contribution in [-0.4, -0.2) is 30.0 Å². The largest absolute Gasteiger partial charge is 0.497 e. The Morgan fingerprint density at radius 1 is 0.909 bits per heavy atom. The van der Waals surface area contributed by atoms with Crippen LogP contribution in [-0.2, 0) is 14.4 Å². The van der Waals surface area contributed by atoms with Crippen LogP contribution in [0.5, 0.6) is 5.75 Å². The van der Waals surface area contributed by atoms with Crippen molar-refractivity contribution >= 4 is 28.9 Å². The molecule has 3 aromatic carbocycles. The van der Waals surface area contributed by atoms with Crippen molar-refractivity contribution in [2.24, 2.45) is 5.92 Å². The van der Waals surface area contributed by atoms with Crippen LogP contribution in [0.25, 0.3) is 0 Å². The number of carbonyl (C=O) groups excluding carboxylic acids is 2. The van der Waals surface area contributed by atoms with Crippen molar-refractivity contribution in [1.29, 1.82) is 0 Å². The first kappa shape index (κ1) is 20.7. The molecule has 2 amide bonds. The second-order valence-corrected chi connectivity index (χ2v) is 7.69. The monoisotopic (exact) mass is 445 g/mol. The van der Waals surface area contributed by atoms with Crippen molar-refractivity contribution in [1.82, 2.24) is 0 Å². The molecule has 0 unspecified atom stereocenters. The van der Waals surface area contributed by atoms with Gasteiger partial charge in [-0.2, -0.15) is 0 Å². The molecule has 166 valence electrons. The van der Waals surface area contributed by atoms with Gasteiger partial charge < -0.3 is 4.74 Å². The summed E-state index contributed by atoms with van der Waals surface area (Å²) in [7, 11) is 1.49. The molecule has 9 heteroatoms. The van der Waals surface area contributed by atoms with Gasteiger partial charge in [-0.05, 0) is 30.3 Å². The van der Waals surface area contributed by atoms with Gasteiger partial charge in [0.15, 0.2) is 6.10 Å². The van der Waals surface area contributed by atoms with E-state index in [2.05, 4.69) is 0 Å². The molecule has 2 aliphatic heterocycles. The Kier molecular flexibility index (Phi) is 5.02. The number of anilines is 2. The highest BCUT2D eigenvalue weighted by Crippen LogP contribution is 2.49. The van der Waals surface area contributed by atoms with Crippen LogP contribution in [0.3, 0.4) is 0 Å². The first-order valence-electron chi connectivity index (χ1n) is 10.3. The number of carbonyl (C=O) groups is 2. The van der Waals surface area contributed by atoms with Crippen molar-refractivity contribution in [3.05, 3.63) is 94.5 Å². The Bertz CT molecular complexity index is 1250. The maximum atomic E-state index is 13.6. The fourth-order valence-corrected chi connectivity index (χ4v) is 4.44. The average molecular weight is 445 g/mol. The van der Waals surface area contributed by atoms with Gasteiger partial charge in [-0.25, -0.2) is 9.96 Å². The zero-order valence-corrected chi connectivity index (χ0v) is 17.5. The van der Waals surface area contributed by atoms with Crippen molar-refractivity contribution in [3.8, 4) is 5.75 Å². The summed E-state index contributed by atoms with van der Waals surface area (Å²) in [4.78, 5) is 45.4. The first-order valence-corrected chi connectivity index (χ1v) is 10.3. The van der Waals surface area contributed by atoms with E-state index < -0.39 is 34.8 Å².